The number of aryl methyl sites for hydroxylation is 2. The van der Waals surface area contributed by atoms with E-state index in [2.05, 4.69) is 31.4 Å². The lowest BCUT2D eigenvalue weighted by Gasteiger charge is -2.09. The van der Waals surface area contributed by atoms with Crippen molar-refractivity contribution in [3.05, 3.63) is 93.3 Å². The number of nitrogens with zero attached hydrogens (tertiary/aromatic N) is 5. The first-order chi connectivity index (χ1) is 16.4. The predicted octanol–water partition coefficient (Wildman–Crippen LogP) is 5.86. The van der Waals surface area contributed by atoms with Crippen LogP contribution in [-0.4, -0.2) is 30.5 Å². The molecule has 0 aliphatic rings. The van der Waals surface area contributed by atoms with Crippen molar-refractivity contribution < 1.29 is 4.79 Å². The van der Waals surface area contributed by atoms with Gasteiger partial charge in [0.15, 0.2) is 5.82 Å². The van der Waals surface area contributed by atoms with Crippen LogP contribution in [0.15, 0.2) is 71.5 Å². The number of amides is 1. The lowest BCUT2D eigenvalue weighted by atomic mass is 10.0. The molecule has 7 nitrogen and oxygen atoms in total. The molecule has 3 heterocycles. The molecule has 1 amide bonds. The Kier molecular flexibility index (Phi) is 5.93. The summed E-state index contributed by atoms with van der Waals surface area (Å²) in [4.78, 5) is 18.2. The molecule has 0 saturated carbocycles. The van der Waals surface area contributed by atoms with Crippen LogP contribution in [0.1, 0.15) is 21.6 Å². The Bertz CT molecular complexity index is 1540. The van der Waals surface area contributed by atoms with Crippen molar-refractivity contribution in [2.75, 3.05) is 5.32 Å². The van der Waals surface area contributed by atoms with Crippen molar-refractivity contribution >= 4 is 50.2 Å². The van der Waals surface area contributed by atoms with Gasteiger partial charge in [-0.2, -0.15) is 10.2 Å². The van der Waals surface area contributed by atoms with Crippen LogP contribution in [0.4, 0.5) is 5.82 Å². The number of hydrogen-bond donors (Lipinski definition) is 1. The highest BCUT2D eigenvalue weighted by molar-refractivity contribution is 9.10. The Labute approximate surface area is 209 Å². The molecule has 9 heteroatoms. The lowest BCUT2D eigenvalue weighted by Crippen LogP contribution is -2.14. The van der Waals surface area contributed by atoms with E-state index in [1.165, 1.54) is 0 Å². The molecule has 0 saturated heterocycles. The van der Waals surface area contributed by atoms with E-state index in [-0.39, 0.29) is 5.91 Å². The molecule has 0 aliphatic heterocycles. The number of hydrogen-bond acceptors (Lipinski definition) is 4. The molecule has 0 unspecified atom stereocenters. The van der Waals surface area contributed by atoms with Gasteiger partial charge in [-0.15, -0.1) is 0 Å². The van der Waals surface area contributed by atoms with Gasteiger partial charge in [-0.05, 0) is 46.6 Å². The zero-order chi connectivity index (χ0) is 23.8. The lowest BCUT2D eigenvalue weighted by molar-refractivity contribution is 0.102. The molecule has 3 aromatic heterocycles. The van der Waals surface area contributed by atoms with Crippen molar-refractivity contribution in [2.24, 2.45) is 7.05 Å². The summed E-state index contributed by atoms with van der Waals surface area (Å²) in [5, 5.41) is 13.3. The maximum absolute atomic E-state index is 13.4. The van der Waals surface area contributed by atoms with Gasteiger partial charge in [0.25, 0.3) is 5.91 Å². The molecule has 0 fully saturated rings. The summed E-state index contributed by atoms with van der Waals surface area (Å²) < 4.78 is 4.15. The van der Waals surface area contributed by atoms with Gasteiger partial charge < -0.3 is 5.32 Å². The van der Waals surface area contributed by atoms with Crippen molar-refractivity contribution in [3.63, 3.8) is 0 Å². The van der Waals surface area contributed by atoms with Crippen LogP contribution in [0, 0.1) is 6.92 Å². The summed E-state index contributed by atoms with van der Waals surface area (Å²) in [6, 6.07) is 17.0. The Morgan fingerprint density at radius 2 is 1.85 bits per heavy atom. The molecular formula is C25H20BrClN6O. The van der Waals surface area contributed by atoms with E-state index in [9.17, 15) is 4.79 Å². The summed E-state index contributed by atoms with van der Waals surface area (Å²) in [7, 11) is 1.86. The average molecular weight is 536 g/mol. The van der Waals surface area contributed by atoms with Crippen molar-refractivity contribution in [1.29, 1.82) is 0 Å². The Balaban J connectivity index is 1.49. The minimum atomic E-state index is -0.273. The van der Waals surface area contributed by atoms with Crippen molar-refractivity contribution in [2.45, 2.75) is 13.5 Å². The molecule has 1 N–H and O–H groups in total. The second-order valence-electron chi connectivity index (χ2n) is 7.94. The first kappa shape index (κ1) is 22.3. The van der Waals surface area contributed by atoms with Gasteiger partial charge in [0.2, 0.25) is 0 Å². The quantitative estimate of drug-likeness (QED) is 0.306. The van der Waals surface area contributed by atoms with Crippen LogP contribution in [0.5, 0.6) is 0 Å². The normalized spacial score (nSPS) is 11.2. The van der Waals surface area contributed by atoms with Crippen LogP contribution >= 0.6 is 27.5 Å². The van der Waals surface area contributed by atoms with Crippen LogP contribution in [0.3, 0.4) is 0 Å². The third kappa shape index (κ3) is 4.34. The number of pyridine rings is 1. The molecule has 0 radical (unpaired) electrons. The smallest absolute Gasteiger partial charge is 0.257 e. The van der Waals surface area contributed by atoms with Gasteiger partial charge in [-0.25, -0.2) is 4.98 Å². The highest BCUT2D eigenvalue weighted by Gasteiger charge is 2.18. The zero-order valence-electron chi connectivity index (χ0n) is 18.5. The van der Waals surface area contributed by atoms with Gasteiger partial charge in [-0.1, -0.05) is 48.0 Å². The molecule has 2 aromatic carbocycles. The molecular weight excluding hydrogens is 516 g/mol. The number of benzene rings is 2. The first-order valence-corrected chi connectivity index (χ1v) is 11.7. The third-order valence-corrected chi connectivity index (χ3v) is 6.44. The zero-order valence-corrected chi connectivity index (χ0v) is 20.8. The predicted molar refractivity (Wildman–Crippen MR) is 137 cm³/mol. The number of carbonyl (C=O) groups excluding carboxylic acids is 1. The summed E-state index contributed by atoms with van der Waals surface area (Å²) in [5.74, 6) is 0.155. The second kappa shape index (κ2) is 9.04. The first-order valence-electron chi connectivity index (χ1n) is 10.6. The molecule has 34 heavy (non-hydrogen) atoms. The summed E-state index contributed by atoms with van der Waals surface area (Å²) in [6.07, 6.45) is 3.72. The summed E-state index contributed by atoms with van der Waals surface area (Å²) in [5.41, 5.74) is 4.60. The van der Waals surface area contributed by atoms with Gasteiger partial charge in [0.1, 0.15) is 0 Å². The average Bonchev–Trinajstić information content (AvgIpc) is 3.34. The standard InChI is InChI=1S/C25H20BrClN6O/c1-15-19(13-32(2)30-15)23-11-18(17-8-4-6-10-22(17)28-23)25(34)29-24-20(26)14-33(31-24)12-16-7-3-5-9-21(16)27/h3-11,13-14H,12H2,1-2H3,(H,29,31,34). The third-order valence-electron chi connectivity index (χ3n) is 5.49. The van der Waals surface area contributed by atoms with E-state index in [1.54, 1.807) is 15.4 Å². The maximum atomic E-state index is 13.4. The van der Waals surface area contributed by atoms with Gasteiger partial charge in [0, 0.05) is 35.4 Å². The van der Waals surface area contributed by atoms with Crippen LogP contribution < -0.4 is 5.32 Å². The molecule has 170 valence electrons. The number of fused-ring (bicyclic) bond motifs is 1. The monoisotopic (exact) mass is 534 g/mol. The minimum Gasteiger partial charge on any atom is -0.304 e. The van der Waals surface area contributed by atoms with E-state index in [0.29, 0.717) is 33.1 Å². The number of carbonyl (C=O) groups is 1. The van der Waals surface area contributed by atoms with Gasteiger partial charge >= 0.3 is 0 Å². The molecule has 0 aliphatic carbocycles. The van der Waals surface area contributed by atoms with E-state index in [1.807, 2.05) is 74.9 Å². The number of para-hydroxylation sites is 1. The molecule has 5 rings (SSSR count). The Hall–Kier alpha value is -3.49. The van der Waals surface area contributed by atoms with Crippen molar-refractivity contribution in [1.82, 2.24) is 24.5 Å². The molecule has 0 spiro atoms. The number of rotatable bonds is 5. The maximum Gasteiger partial charge on any atom is 0.257 e. The fourth-order valence-electron chi connectivity index (χ4n) is 3.89. The van der Waals surface area contributed by atoms with Crippen LogP contribution in [-0.2, 0) is 13.6 Å². The van der Waals surface area contributed by atoms with Gasteiger partial charge in [0.05, 0.1) is 33.5 Å². The Morgan fingerprint density at radius 1 is 1.09 bits per heavy atom. The summed E-state index contributed by atoms with van der Waals surface area (Å²) >= 11 is 9.79. The van der Waals surface area contributed by atoms with Gasteiger partial charge in [-0.3, -0.25) is 14.2 Å². The molecule has 0 bridgehead atoms. The highest BCUT2D eigenvalue weighted by Crippen LogP contribution is 2.28. The van der Waals surface area contributed by atoms with E-state index in [4.69, 9.17) is 16.6 Å². The summed E-state index contributed by atoms with van der Waals surface area (Å²) in [6.45, 7) is 2.41. The fourth-order valence-corrected chi connectivity index (χ4v) is 4.50. The molecule has 0 atom stereocenters. The highest BCUT2D eigenvalue weighted by atomic mass is 79.9. The largest absolute Gasteiger partial charge is 0.304 e. The second-order valence-corrected chi connectivity index (χ2v) is 9.20. The number of aromatic nitrogens is 5. The minimum absolute atomic E-state index is 0.273. The SMILES string of the molecule is Cc1nn(C)cc1-c1cc(C(=O)Nc2nn(Cc3ccccc3Cl)cc2Br)c2ccccc2n1. The van der Waals surface area contributed by atoms with Crippen LogP contribution in [0.2, 0.25) is 5.02 Å². The van der Waals surface area contributed by atoms with Crippen LogP contribution in [0.25, 0.3) is 22.2 Å². The fraction of sp³-hybridized carbons (Fsp3) is 0.120. The topological polar surface area (TPSA) is 77.6 Å². The number of nitrogens with one attached hydrogen (secondary N) is 1. The Morgan fingerprint density at radius 3 is 2.62 bits per heavy atom. The van der Waals surface area contributed by atoms with E-state index in [0.717, 1.165) is 27.7 Å². The number of halogens is 2. The number of anilines is 1. The van der Waals surface area contributed by atoms with E-state index >= 15 is 0 Å². The molecule has 5 aromatic rings. The van der Waals surface area contributed by atoms with Crippen molar-refractivity contribution in [3.8, 4) is 11.3 Å². The van der Waals surface area contributed by atoms with E-state index < -0.39 is 0 Å².